The second kappa shape index (κ2) is 10.1. The summed E-state index contributed by atoms with van der Waals surface area (Å²) in [6.07, 6.45) is 0. The van der Waals surface area contributed by atoms with Crippen molar-refractivity contribution < 1.29 is 23.9 Å². The molecular formula is C19H15BrCl4N2O5S. The Bertz CT molecular complexity index is 1000. The Morgan fingerprint density at radius 1 is 1.28 bits per heavy atom. The summed E-state index contributed by atoms with van der Waals surface area (Å²) in [4.78, 5) is 42.8. The molecule has 172 valence electrons. The summed E-state index contributed by atoms with van der Waals surface area (Å²) < 4.78 is 6.90. The summed E-state index contributed by atoms with van der Waals surface area (Å²) in [7, 11) is 0. The molecule has 0 N–H and O–H groups in total. The number of carbonyl (C=O) groups excluding carboxylic acids is 3. The summed E-state index contributed by atoms with van der Waals surface area (Å²) in [6, 6.07) is 8.93. The molecule has 2 aliphatic rings. The van der Waals surface area contributed by atoms with Gasteiger partial charge in [-0.3, -0.25) is 14.5 Å². The third-order valence-electron chi connectivity index (χ3n) is 4.35. The van der Waals surface area contributed by atoms with Crippen LogP contribution in [-0.4, -0.2) is 60.5 Å². The standard InChI is InChI=1S/C19H15BrCl4N2O5S/c1-10(27)30-7-12-8-32-17-19(20,25-14(21)11-5-3-2-4-6-11)16(29)26(17)13(12)15(28)31-9-18(22,23)24/h2-6,17H,7-9H2,1H3/t17-,19-/m1/s1. The number of benzene rings is 1. The lowest BCUT2D eigenvalue weighted by molar-refractivity contribution is -0.152. The van der Waals surface area contributed by atoms with E-state index in [1.807, 2.05) is 6.07 Å². The minimum atomic E-state index is -1.83. The van der Waals surface area contributed by atoms with E-state index in [4.69, 9.17) is 55.9 Å². The molecule has 1 fully saturated rings. The number of aliphatic imine (C=N–C) groups is 1. The zero-order chi connectivity index (χ0) is 23.7. The number of halogens is 5. The van der Waals surface area contributed by atoms with Gasteiger partial charge in [-0.15, -0.1) is 11.8 Å². The molecule has 0 saturated carbocycles. The van der Waals surface area contributed by atoms with Gasteiger partial charge in [0.1, 0.15) is 29.5 Å². The fourth-order valence-corrected chi connectivity index (χ4v) is 5.75. The fraction of sp³-hybridized carbons (Fsp3) is 0.368. The molecule has 32 heavy (non-hydrogen) atoms. The normalized spacial score (nSPS) is 23.4. The van der Waals surface area contributed by atoms with Crippen molar-refractivity contribution in [3.05, 3.63) is 47.2 Å². The maximum atomic E-state index is 13.2. The molecule has 0 bridgehead atoms. The highest BCUT2D eigenvalue weighted by Gasteiger charge is 2.64. The highest BCUT2D eigenvalue weighted by Crippen LogP contribution is 2.52. The lowest BCUT2D eigenvalue weighted by Crippen LogP contribution is -2.70. The van der Waals surface area contributed by atoms with Gasteiger partial charge < -0.3 is 9.47 Å². The molecule has 3 rings (SSSR count). The van der Waals surface area contributed by atoms with Crippen LogP contribution in [0.3, 0.4) is 0 Å². The van der Waals surface area contributed by atoms with Crippen LogP contribution >= 0.6 is 74.1 Å². The summed E-state index contributed by atoms with van der Waals surface area (Å²) in [5, 5.41) is -0.477. The Hall–Kier alpha value is -0.970. The van der Waals surface area contributed by atoms with E-state index in [1.165, 1.54) is 23.6 Å². The molecule has 0 aliphatic carbocycles. The quantitative estimate of drug-likeness (QED) is 0.157. The van der Waals surface area contributed by atoms with Gasteiger partial charge >= 0.3 is 11.9 Å². The molecular weight excluding hydrogens is 590 g/mol. The van der Waals surface area contributed by atoms with Crippen molar-refractivity contribution in [1.29, 1.82) is 0 Å². The lowest BCUT2D eigenvalue weighted by atomic mass is 10.0. The van der Waals surface area contributed by atoms with Gasteiger partial charge in [-0.1, -0.05) is 76.7 Å². The second-order valence-electron chi connectivity index (χ2n) is 6.70. The van der Waals surface area contributed by atoms with Crippen LogP contribution in [0, 0.1) is 0 Å². The molecule has 7 nitrogen and oxygen atoms in total. The van der Waals surface area contributed by atoms with E-state index in [-0.39, 0.29) is 23.2 Å². The number of thioether (sulfide) groups is 1. The predicted molar refractivity (Wildman–Crippen MR) is 128 cm³/mol. The van der Waals surface area contributed by atoms with Gasteiger partial charge in [-0.05, 0) is 15.9 Å². The number of alkyl halides is 4. The maximum absolute atomic E-state index is 13.2. The third-order valence-corrected chi connectivity index (χ3v) is 7.62. The minimum absolute atomic E-state index is 0.0737. The Morgan fingerprint density at radius 3 is 2.53 bits per heavy atom. The van der Waals surface area contributed by atoms with Crippen LogP contribution in [0.15, 0.2) is 46.6 Å². The Kier molecular flexibility index (Phi) is 8.10. The van der Waals surface area contributed by atoms with Gasteiger partial charge in [0.15, 0.2) is 0 Å². The fourth-order valence-electron chi connectivity index (χ4n) is 2.95. The number of ether oxygens (including phenoxy) is 2. The van der Waals surface area contributed by atoms with E-state index in [0.29, 0.717) is 11.1 Å². The van der Waals surface area contributed by atoms with Gasteiger partial charge in [0, 0.05) is 23.8 Å². The molecule has 13 heteroatoms. The lowest BCUT2D eigenvalue weighted by Gasteiger charge is -2.52. The maximum Gasteiger partial charge on any atom is 0.355 e. The summed E-state index contributed by atoms with van der Waals surface area (Å²) in [5.41, 5.74) is 0.945. The number of carbonyl (C=O) groups is 3. The van der Waals surface area contributed by atoms with Gasteiger partial charge in [-0.2, -0.15) is 0 Å². The first-order chi connectivity index (χ1) is 14.9. The molecule has 1 saturated heterocycles. The van der Waals surface area contributed by atoms with Crippen molar-refractivity contribution >= 4 is 97.1 Å². The number of hydrogen-bond acceptors (Lipinski definition) is 7. The van der Waals surface area contributed by atoms with Crippen molar-refractivity contribution in [2.24, 2.45) is 4.99 Å². The molecule has 2 heterocycles. The van der Waals surface area contributed by atoms with Crippen molar-refractivity contribution in [2.45, 2.75) is 20.5 Å². The van der Waals surface area contributed by atoms with E-state index in [1.54, 1.807) is 24.3 Å². The number of esters is 2. The van der Waals surface area contributed by atoms with Gasteiger partial charge in [0.2, 0.25) is 8.24 Å². The molecule has 1 aromatic rings. The average molecular weight is 605 g/mol. The van der Waals surface area contributed by atoms with E-state index < -0.39 is 38.1 Å². The van der Waals surface area contributed by atoms with E-state index >= 15 is 0 Å². The Balaban J connectivity index is 1.91. The van der Waals surface area contributed by atoms with Crippen molar-refractivity contribution in [3.63, 3.8) is 0 Å². The molecule has 2 atom stereocenters. The molecule has 0 radical (unpaired) electrons. The molecule has 0 unspecified atom stereocenters. The van der Waals surface area contributed by atoms with Crippen LogP contribution in [0.4, 0.5) is 0 Å². The van der Waals surface area contributed by atoms with Crippen molar-refractivity contribution in [2.75, 3.05) is 19.0 Å². The topological polar surface area (TPSA) is 85.3 Å². The predicted octanol–water partition coefficient (Wildman–Crippen LogP) is 4.41. The van der Waals surface area contributed by atoms with Crippen LogP contribution in [0.1, 0.15) is 12.5 Å². The smallest absolute Gasteiger partial charge is 0.355 e. The first kappa shape index (κ1) is 25.6. The zero-order valence-corrected chi connectivity index (χ0v) is 21.7. The minimum Gasteiger partial charge on any atom is -0.461 e. The zero-order valence-electron chi connectivity index (χ0n) is 16.3. The molecule has 0 aromatic heterocycles. The summed E-state index contributed by atoms with van der Waals surface area (Å²) in [6.45, 7) is 0.511. The van der Waals surface area contributed by atoms with Crippen LogP contribution in [0.25, 0.3) is 0 Å². The first-order valence-electron chi connectivity index (χ1n) is 8.98. The number of rotatable bonds is 6. The van der Waals surface area contributed by atoms with Gasteiger partial charge in [0.05, 0.1) is 0 Å². The second-order valence-corrected chi connectivity index (χ2v) is 11.9. The molecule has 0 spiro atoms. The number of β-lactam (4-membered cyclic amide) rings is 1. The molecule has 2 aliphatic heterocycles. The highest BCUT2D eigenvalue weighted by molar-refractivity contribution is 9.10. The van der Waals surface area contributed by atoms with Gasteiger partial charge in [0.25, 0.3) is 5.91 Å². The number of nitrogens with zero attached hydrogens (tertiary/aromatic N) is 2. The highest BCUT2D eigenvalue weighted by atomic mass is 79.9. The summed E-state index contributed by atoms with van der Waals surface area (Å²) in [5.74, 6) is -1.69. The molecule has 1 amide bonds. The van der Waals surface area contributed by atoms with E-state index in [9.17, 15) is 14.4 Å². The van der Waals surface area contributed by atoms with Crippen molar-refractivity contribution in [1.82, 2.24) is 4.90 Å². The van der Waals surface area contributed by atoms with Crippen LogP contribution in [0.2, 0.25) is 0 Å². The monoisotopic (exact) mass is 602 g/mol. The Labute approximate surface area is 216 Å². The average Bonchev–Trinajstić information content (AvgIpc) is 2.74. The van der Waals surface area contributed by atoms with Gasteiger partial charge in [-0.25, -0.2) is 9.79 Å². The largest absolute Gasteiger partial charge is 0.461 e. The van der Waals surface area contributed by atoms with Crippen molar-refractivity contribution in [3.8, 4) is 0 Å². The van der Waals surface area contributed by atoms with E-state index in [2.05, 4.69) is 20.9 Å². The molecule has 1 aromatic carbocycles. The van der Waals surface area contributed by atoms with Crippen LogP contribution in [0.5, 0.6) is 0 Å². The first-order valence-corrected chi connectivity index (χ1v) is 12.3. The van der Waals surface area contributed by atoms with Crippen LogP contribution in [-0.2, 0) is 23.9 Å². The third kappa shape index (κ3) is 5.56. The number of amides is 1. The summed E-state index contributed by atoms with van der Waals surface area (Å²) >= 11 is 28.1. The number of hydrogen-bond donors (Lipinski definition) is 0. The van der Waals surface area contributed by atoms with Crippen LogP contribution < -0.4 is 0 Å². The van der Waals surface area contributed by atoms with E-state index in [0.717, 1.165) is 0 Å². The SMILES string of the molecule is CC(=O)OCC1=C(C(=O)OCC(Cl)(Cl)Cl)N2C(=O)[C@@](Br)(N=C(Cl)c3ccccc3)[C@H]2SC1. The Morgan fingerprint density at radius 2 is 1.94 bits per heavy atom. The number of fused-ring (bicyclic) bond motifs is 1.